The summed E-state index contributed by atoms with van der Waals surface area (Å²) in [5.74, 6) is 0.585. The summed E-state index contributed by atoms with van der Waals surface area (Å²) in [7, 11) is 1.77. The third-order valence-corrected chi connectivity index (χ3v) is 6.13. The van der Waals surface area contributed by atoms with Crippen LogP contribution in [0.3, 0.4) is 0 Å². The zero-order valence-corrected chi connectivity index (χ0v) is 18.2. The highest BCUT2D eigenvalue weighted by atomic mass is 16.1. The number of pyridine rings is 2. The highest BCUT2D eigenvalue weighted by Gasteiger charge is 2.27. The van der Waals surface area contributed by atoms with Gasteiger partial charge < -0.3 is 9.88 Å². The van der Waals surface area contributed by atoms with Crippen LogP contribution in [0.1, 0.15) is 29.7 Å². The number of nitrogens with one attached hydrogen (secondary N) is 1. The fourth-order valence-electron chi connectivity index (χ4n) is 4.28. The van der Waals surface area contributed by atoms with Crippen LogP contribution >= 0.6 is 0 Å². The van der Waals surface area contributed by atoms with Crippen LogP contribution in [-0.4, -0.2) is 9.55 Å². The Kier molecular flexibility index (Phi) is 4.99. The van der Waals surface area contributed by atoms with Gasteiger partial charge in [-0.15, -0.1) is 0 Å². The second-order valence-corrected chi connectivity index (χ2v) is 8.61. The highest BCUT2D eigenvalue weighted by Crippen LogP contribution is 2.39. The number of nitrogens with zero attached hydrogens (tertiary/aromatic N) is 3. The molecule has 0 spiro atoms. The number of nitriles is 1. The Hall–Kier alpha value is -3.91. The summed E-state index contributed by atoms with van der Waals surface area (Å²) in [6, 6.07) is 22.1. The van der Waals surface area contributed by atoms with Crippen molar-refractivity contribution >= 4 is 22.4 Å². The average Bonchev–Trinajstić information content (AvgIpc) is 3.62. The molecule has 1 N–H and O–H groups in total. The van der Waals surface area contributed by atoms with Gasteiger partial charge in [0.25, 0.3) is 5.56 Å². The number of benzene rings is 2. The van der Waals surface area contributed by atoms with Gasteiger partial charge in [0.1, 0.15) is 6.07 Å². The third-order valence-electron chi connectivity index (χ3n) is 6.13. The van der Waals surface area contributed by atoms with Crippen molar-refractivity contribution in [3.8, 4) is 17.2 Å². The first-order valence-corrected chi connectivity index (χ1v) is 10.9. The minimum Gasteiger partial charge on any atom is -0.353 e. The molecule has 5 heteroatoms. The summed E-state index contributed by atoms with van der Waals surface area (Å²) in [5, 5.41) is 13.4. The number of hydrogen-bond acceptors (Lipinski definition) is 4. The quantitative estimate of drug-likeness (QED) is 0.464. The maximum atomic E-state index is 12.4. The second kappa shape index (κ2) is 7.97. The van der Waals surface area contributed by atoms with Gasteiger partial charge in [0.2, 0.25) is 0 Å². The zero-order chi connectivity index (χ0) is 22.2. The van der Waals surface area contributed by atoms with Crippen molar-refractivity contribution in [3.63, 3.8) is 0 Å². The first kappa shape index (κ1) is 20.0. The summed E-state index contributed by atoms with van der Waals surface area (Å²) in [5.41, 5.74) is 7.80. The normalized spacial score (nSPS) is 13.2. The van der Waals surface area contributed by atoms with E-state index in [-0.39, 0.29) is 5.56 Å². The molecule has 1 fully saturated rings. The van der Waals surface area contributed by atoms with Crippen LogP contribution < -0.4 is 10.9 Å². The molecular weight excluding hydrogens is 396 g/mol. The van der Waals surface area contributed by atoms with Gasteiger partial charge in [0.05, 0.1) is 16.7 Å². The van der Waals surface area contributed by atoms with E-state index in [1.165, 1.54) is 24.5 Å². The molecule has 2 aromatic heterocycles. The van der Waals surface area contributed by atoms with E-state index in [0.717, 1.165) is 34.3 Å². The molecule has 2 heterocycles. The van der Waals surface area contributed by atoms with E-state index in [2.05, 4.69) is 59.7 Å². The van der Waals surface area contributed by atoms with Gasteiger partial charge in [-0.25, -0.2) is 4.98 Å². The molecule has 5 nitrogen and oxygen atoms in total. The zero-order valence-electron chi connectivity index (χ0n) is 18.2. The van der Waals surface area contributed by atoms with Gasteiger partial charge in [-0.05, 0) is 61.4 Å². The molecule has 2 aromatic carbocycles. The molecule has 1 aliphatic carbocycles. The van der Waals surface area contributed by atoms with E-state index in [9.17, 15) is 10.1 Å². The van der Waals surface area contributed by atoms with Crippen LogP contribution in [0.2, 0.25) is 0 Å². The fourth-order valence-corrected chi connectivity index (χ4v) is 4.28. The SMILES string of the molecule is Cc1cccc(-c2cccc(Nc3c(C#N)nc4ccc(=O)n(C)c4c3CC3CC3)c2)c1. The van der Waals surface area contributed by atoms with Gasteiger partial charge in [-0.3, -0.25) is 4.79 Å². The lowest BCUT2D eigenvalue weighted by molar-refractivity contribution is 0.819. The standard InChI is InChI=1S/C27H24N4O/c1-17-5-3-6-19(13-17)20-7-4-8-21(15-20)29-26-22(14-18-9-10-18)27-23(30-24(26)16-28)11-12-25(32)31(27)2/h3-8,11-13,15,18,29H,9-10,14H2,1-2H3. The molecule has 1 aliphatic rings. The lowest BCUT2D eigenvalue weighted by atomic mass is 10.0. The predicted molar refractivity (Wildman–Crippen MR) is 128 cm³/mol. The molecular formula is C27H24N4O. The Bertz CT molecular complexity index is 1440. The van der Waals surface area contributed by atoms with Crippen molar-refractivity contribution in [2.75, 3.05) is 5.32 Å². The maximum absolute atomic E-state index is 12.4. The van der Waals surface area contributed by atoms with Crippen molar-refractivity contribution in [1.82, 2.24) is 9.55 Å². The molecule has 5 rings (SSSR count). The maximum Gasteiger partial charge on any atom is 0.250 e. The lowest BCUT2D eigenvalue weighted by Gasteiger charge is -2.18. The minimum atomic E-state index is -0.0755. The van der Waals surface area contributed by atoms with Crippen molar-refractivity contribution in [2.45, 2.75) is 26.2 Å². The number of aryl methyl sites for hydroxylation is 2. The monoisotopic (exact) mass is 420 g/mol. The molecule has 1 saturated carbocycles. The van der Waals surface area contributed by atoms with Gasteiger partial charge >= 0.3 is 0 Å². The molecule has 32 heavy (non-hydrogen) atoms. The second-order valence-electron chi connectivity index (χ2n) is 8.61. The number of hydrogen-bond donors (Lipinski definition) is 1. The van der Waals surface area contributed by atoms with Crippen molar-refractivity contribution in [3.05, 3.63) is 87.8 Å². The predicted octanol–water partition coefficient (Wildman–Crippen LogP) is 5.48. The molecule has 0 radical (unpaired) electrons. The molecule has 158 valence electrons. The molecule has 0 unspecified atom stereocenters. The smallest absolute Gasteiger partial charge is 0.250 e. The Morgan fingerprint density at radius 2 is 1.84 bits per heavy atom. The van der Waals surface area contributed by atoms with Crippen molar-refractivity contribution in [2.24, 2.45) is 13.0 Å². The molecule has 4 aromatic rings. The van der Waals surface area contributed by atoms with Gasteiger partial charge in [0.15, 0.2) is 5.69 Å². The van der Waals surface area contributed by atoms with E-state index in [1.54, 1.807) is 17.7 Å². The van der Waals surface area contributed by atoms with Crippen molar-refractivity contribution in [1.29, 1.82) is 5.26 Å². The first-order valence-electron chi connectivity index (χ1n) is 10.9. The van der Waals surface area contributed by atoms with Gasteiger partial charge in [-0.2, -0.15) is 5.26 Å². The van der Waals surface area contributed by atoms with Gasteiger partial charge in [0, 0.05) is 24.4 Å². The lowest BCUT2D eigenvalue weighted by Crippen LogP contribution is -2.18. The number of aromatic nitrogens is 2. The Morgan fingerprint density at radius 1 is 1.09 bits per heavy atom. The van der Waals surface area contributed by atoms with Crippen LogP contribution in [0, 0.1) is 24.2 Å². The van der Waals surface area contributed by atoms with E-state index in [0.29, 0.717) is 22.8 Å². The summed E-state index contributed by atoms with van der Waals surface area (Å²) in [6.45, 7) is 2.08. The first-order chi connectivity index (χ1) is 15.5. The van der Waals surface area contributed by atoms with Crippen LogP contribution in [0.4, 0.5) is 11.4 Å². The Labute approximate surface area is 187 Å². The van der Waals surface area contributed by atoms with E-state index in [1.807, 2.05) is 12.1 Å². The summed E-state index contributed by atoms with van der Waals surface area (Å²) >= 11 is 0. The topological polar surface area (TPSA) is 70.7 Å². The third kappa shape index (κ3) is 3.76. The van der Waals surface area contributed by atoms with E-state index in [4.69, 9.17) is 0 Å². The number of anilines is 2. The highest BCUT2D eigenvalue weighted by molar-refractivity contribution is 5.88. The van der Waals surface area contributed by atoms with Crippen LogP contribution in [0.15, 0.2) is 65.5 Å². The van der Waals surface area contributed by atoms with E-state index < -0.39 is 0 Å². The summed E-state index contributed by atoms with van der Waals surface area (Å²) in [6.07, 6.45) is 3.18. The van der Waals surface area contributed by atoms with Gasteiger partial charge in [-0.1, -0.05) is 42.0 Å². The number of fused-ring (bicyclic) bond motifs is 1. The van der Waals surface area contributed by atoms with Crippen LogP contribution in [0.25, 0.3) is 22.2 Å². The summed E-state index contributed by atoms with van der Waals surface area (Å²) < 4.78 is 1.65. The molecule has 0 bridgehead atoms. The molecule has 0 saturated heterocycles. The molecule has 0 aliphatic heterocycles. The Morgan fingerprint density at radius 3 is 2.56 bits per heavy atom. The minimum absolute atomic E-state index is 0.0755. The Balaban J connectivity index is 1.66. The summed E-state index contributed by atoms with van der Waals surface area (Å²) in [4.78, 5) is 17.0. The van der Waals surface area contributed by atoms with Crippen LogP contribution in [0.5, 0.6) is 0 Å². The molecule has 0 amide bonds. The van der Waals surface area contributed by atoms with E-state index >= 15 is 0 Å². The molecule has 0 atom stereocenters. The fraction of sp³-hybridized carbons (Fsp3) is 0.222. The van der Waals surface area contributed by atoms with Crippen molar-refractivity contribution < 1.29 is 0 Å². The largest absolute Gasteiger partial charge is 0.353 e. The van der Waals surface area contributed by atoms with Crippen LogP contribution in [-0.2, 0) is 13.5 Å². The average molecular weight is 421 g/mol. The number of rotatable bonds is 5.